The number of imidazole rings is 1. The Morgan fingerprint density at radius 3 is 2.75 bits per heavy atom. The van der Waals surface area contributed by atoms with Gasteiger partial charge >= 0.3 is 0 Å². The highest BCUT2D eigenvalue weighted by molar-refractivity contribution is 5.82. The van der Waals surface area contributed by atoms with E-state index in [2.05, 4.69) is 54.0 Å². The van der Waals surface area contributed by atoms with Crippen LogP contribution in [-0.2, 0) is 0 Å². The first-order chi connectivity index (χ1) is 15.5. The summed E-state index contributed by atoms with van der Waals surface area (Å²) in [4.78, 5) is 11.6. The third kappa shape index (κ3) is 3.15. The number of nitrogens with zero attached hydrogens (tertiary/aromatic N) is 6. The molecule has 6 rings (SSSR count). The molecule has 32 heavy (non-hydrogen) atoms. The predicted molar refractivity (Wildman–Crippen MR) is 127 cm³/mol. The van der Waals surface area contributed by atoms with E-state index in [4.69, 9.17) is 10.1 Å². The van der Waals surface area contributed by atoms with E-state index in [0.29, 0.717) is 11.5 Å². The third-order valence-corrected chi connectivity index (χ3v) is 7.44. The summed E-state index contributed by atoms with van der Waals surface area (Å²) in [6.45, 7) is 10.6. The van der Waals surface area contributed by atoms with E-state index in [1.165, 1.54) is 31.4 Å². The lowest BCUT2D eigenvalue weighted by molar-refractivity contribution is 0.0352. The quantitative estimate of drug-likeness (QED) is 0.518. The van der Waals surface area contributed by atoms with Gasteiger partial charge in [0, 0.05) is 60.7 Å². The van der Waals surface area contributed by atoms with Crippen molar-refractivity contribution in [1.29, 1.82) is 0 Å². The van der Waals surface area contributed by atoms with Crippen LogP contribution in [0.3, 0.4) is 0 Å². The number of pyridine rings is 1. The van der Waals surface area contributed by atoms with Gasteiger partial charge in [0.05, 0.1) is 11.2 Å². The lowest BCUT2D eigenvalue weighted by Gasteiger charge is -2.52. The second-order valence-electron chi connectivity index (χ2n) is 9.63. The fraction of sp³-hybridized carbons (Fsp3) is 0.400. The lowest BCUT2D eigenvalue weighted by atomic mass is 9.60. The molecule has 0 atom stereocenters. The highest BCUT2D eigenvalue weighted by Crippen LogP contribution is 2.50. The Labute approximate surface area is 187 Å². The second-order valence-corrected chi connectivity index (χ2v) is 9.63. The van der Waals surface area contributed by atoms with Crippen molar-refractivity contribution >= 4 is 17.1 Å². The summed E-state index contributed by atoms with van der Waals surface area (Å²) in [7, 11) is 0. The van der Waals surface area contributed by atoms with E-state index in [-0.39, 0.29) is 0 Å². The number of fused-ring (bicyclic) bond motifs is 2. The molecule has 4 aromatic heterocycles. The summed E-state index contributed by atoms with van der Waals surface area (Å²) in [5.74, 6) is 0.724. The number of likely N-dealkylation sites (tertiary alicyclic amines) is 1. The van der Waals surface area contributed by atoms with Gasteiger partial charge in [-0.15, -0.1) is 5.10 Å². The van der Waals surface area contributed by atoms with Crippen LogP contribution in [0.25, 0.3) is 22.3 Å². The average Bonchev–Trinajstić information content (AvgIpc) is 3.39. The molecule has 1 N–H and O–H groups in total. The first kappa shape index (κ1) is 19.3. The maximum atomic E-state index is 4.82. The molecule has 0 radical (unpaired) electrons. The standard InChI is InChI=1S/C25H29N7/c1-17(2)30-11-7-25(8-12-30)14-20(15-25)28-24-27-18(3)23-21(6-10-32(23)29-24)19-4-5-22-26-9-13-31(22)16-19/h4-6,9-10,13,16,20H,1,7-8,11-12,14-15H2,2-3H3,(H,28,29). The molecule has 1 aliphatic heterocycles. The Hall–Kier alpha value is -3.35. The molecule has 1 saturated heterocycles. The molecule has 0 bridgehead atoms. The van der Waals surface area contributed by atoms with Gasteiger partial charge in [-0.1, -0.05) is 6.58 Å². The molecule has 2 fully saturated rings. The molecule has 164 valence electrons. The van der Waals surface area contributed by atoms with Gasteiger partial charge in [-0.2, -0.15) is 0 Å². The van der Waals surface area contributed by atoms with E-state index in [1.54, 1.807) is 0 Å². The number of anilines is 1. The number of aryl methyl sites for hydroxylation is 1. The largest absolute Gasteiger partial charge is 0.375 e. The van der Waals surface area contributed by atoms with Gasteiger partial charge in [-0.3, -0.25) is 0 Å². The minimum atomic E-state index is 0.460. The number of allylic oxidation sites excluding steroid dienone is 1. The van der Waals surface area contributed by atoms with Crippen LogP contribution >= 0.6 is 0 Å². The van der Waals surface area contributed by atoms with Crippen molar-refractivity contribution in [3.05, 3.63) is 61.0 Å². The van der Waals surface area contributed by atoms with Crippen LogP contribution in [0, 0.1) is 12.3 Å². The normalized spacial score (nSPS) is 18.4. The first-order valence-electron chi connectivity index (χ1n) is 11.5. The molecular weight excluding hydrogens is 398 g/mol. The summed E-state index contributed by atoms with van der Waals surface area (Å²) in [5, 5.41) is 8.38. The van der Waals surface area contributed by atoms with E-state index in [1.807, 2.05) is 33.6 Å². The van der Waals surface area contributed by atoms with Gasteiger partial charge < -0.3 is 14.6 Å². The Morgan fingerprint density at radius 2 is 1.97 bits per heavy atom. The van der Waals surface area contributed by atoms with Crippen LogP contribution in [0.5, 0.6) is 0 Å². The van der Waals surface area contributed by atoms with Crippen molar-refractivity contribution in [3.63, 3.8) is 0 Å². The summed E-state index contributed by atoms with van der Waals surface area (Å²) in [6, 6.07) is 6.73. The van der Waals surface area contributed by atoms with Gasteiger partial charge in [-0.25, -0.2) is 14.5 Å². The van der Waals surface area contributed by atoms with Gasteiger partial charge in [0.15, 0.2) is 0 Å². The molecule has 1 aliphatic carbocycles. The number of nitrogens with one attached hydrogen (secondary N) is 1. The Balaban J connectivity index is 1.19. The number of rotatable bonds is 4. The van der Waals surface area contributed by atoms with E-state index >= 15 is 0 Å². The van der Waals surface area contributed by atoms with Crippen LogP contribution in [0.1, 0.15) is 38.3 Å². The molecule has 4 aromatic rings. The molecule has 7 nitrogen and oxygen atoms in total. The van der Waals surface area contributed by atoms with Gasteiger partial charge in [0.25, 0.3) is 0 Å². The van der Waals surface area contributed by atoms with Gasteiger partial charge in [0.1, 0.15) is 5.65 Å². The topological polar surface area (TPSA) is 62.8 Å². The Morgan fingerprint density at radius 1 is 1.16 bits per heavy atom. The molecule has 5 heterocycles. The number of aromatic nitrogens is 5. The van der Waals surface area contributed by atoms with Crippen LogP contribution < -0.4 is 5.32 Å². The number of hydrogen-bond acceptors (Lipinski definition) is 5. The van der Waals surface area contributed by atoms with E-state index in [0.717, 1.165) is 47.0 Å². The Bertz CT molecular complexity index is 1310. The van der Waals surface area contributed by atoms with Crippen LogP contribution in [0.2, 0.25) is 0 Å². The van der Waals surface area contributed by atoms with Crippen molar-refractivity contribution in [2.45, 2.75) is 45.6 Å². The number of piperidine rings is 1. The molecule has 0 amide bonds. The Kier molecular flexibility index (Phi) is 4.28. The molecular formula is C25H29N7. The summed E-state index contributed by atoms with van der Waals surface area (Å²) >= 11 is 0. The molecule has 0 aromatic carbocycles. The zero-order valence-electron chi connectivity index (χ0n) is 18.8. The fourth-order valence-corrected chi connectivity index (χ4v) is 5.62. The molecule has 7 heteroatoms. The minimum Gasteiger partial charge on any atom is -0.375 e. The van der Waals surface area contributed by atoms with Crippen molar-refractivity contribution in [3.8, 4) is 11.1 Å². The van der Waals surface area contributed by atoms with Crippen LogP contribution in [0.15, 0.2) is 55.3 Å². The highest BCUT2D eigenvalue weighted by Gasteiger charge is 2.46. The van der Waals surface area contributed by atoms with Crippen molar-refractivity contribution in [2.75, 3.05) is 18.4 Å². The van der Waals surface area contributed by atoms with Crippen LogP contribution in [-0.4, -0.2) is 48.0 Å². The maximum Gasteiger partial charge on any atom is 0.241 e. The third-order valence-electron chi connectivity index (χ3n) is 7.44. The molecule has 1 spiro atoms. The minimum absolute atomic E-state index is 0.460. The van der Waals surface area contributed by atoms with Crippen molar-refractivity contribution in [2.24, 2.45) is 5.41 Å². The highest BCUT2D eigenvalue weighted by atomic mass is 15.3. The zero-order chi connectivity index (χ0) is 21.9. The zero-order valence-corrected chi connectivity index (χ0v) is 18.8. The maximum absolute atomic E-state index is 4.82. The van der Waals surface area contributed by atoms with Crippen molar-refractivity contribution in [1.82, 2.24) is 28.9 Å². The van der Waals surface area contributed by atoms with E-state index in [9.17, 15) is 0 Å². The van der Waals surface area contributed by atoms with Gasteiger partial charge in [0.2, 0.25) is 5.95 Å². The first-order valence-corrected chi connectivity index (χ1v) is 11.5. The predicted octanol–water partition coefficient (Wildman–Crippen LogP) is 4.54. The average molecular weight is 428 g/mol. The van der Waals surface area contributed by atoms with E-state index < -0.39 is 0 Å². The summed E-state index contributed by atoms with van der Waals surface area (Å²) in [6.07, 6.45) is 12.9. The lowest BCUT2D eigenvalue weighted by Crippen LogP contribution is -2.51. The molecule has 2 aliphatic rings. The monoisotopic (exact) mass is 427 g/mol. The molecule has 0 unspecified atom stereocenters. The van der Waals surface area contributed by atoms with Crippen molar-refractivity contribution < 1.29 is 0 Å². The van der Waals surface area contributed by atoms with Gasteiger partial charge in [-0.05, 0) is 63.1 Å². The second kappa shape index (κ2) is 7.08. The number of hydrogen-bond donors (Lipinski definition) is 1. The summed E-state index contributed by atoms with van der Waals surface area (Å²) < 4.78 is 4.00. The summed E-state index contributed by atoms with van der Waals surface area (Å²) in [5.41, 5.74) is 6.94. The molecule has 1 saturated carbocycles. The van der Waals surface area contributed by atoms with Crippen LogP contribution in [0.4, 0.5) is 5.95 Å². The smallest absolute Gasteiger partial charge is 0.241 e. The fourth-order valence-electron chi connectivity index (χ4n) is 5.62. The SMILES string of the molecule is C=C(C)N1CCC2(CC1)CC(Nc1nc(C)c3c(-c4ccc5nccn5c4)ccn3n1)C2.